The Morgan fingerprint density at radius 2 is 1.59 bits per heavy atom. The number of benzene rings is 2. The normalized spacial score (nSPS) is 14.0. The van der Waals surface area contributed by atoms with Crippen molar-refractivity contribution >= 4 is 17.4 Å². The summed E-state index contributed by atoms with van der Waals surface area (Å²) in [5.74, 6) is 0.886. The van der Waals surface area contributed by atoms with E-state index in [1.165, 1.54) is 11.3 Å². The number of pyridine rings is 1. The average molecular weight is 386 g/mol. The number of rotatable bonds is 5. The highest BCUT2D eigenvalue weighted by Crippen LogP contribution is 2.19. The lowest BCUT2D eigenvalue weighted by molar-refractivity contribution is 0.0746. The van der Waals surface area contributed by atoms with E-state index in [4.69, 9.17) is 0 Å². The fourth-order valence-corrected chi connectivity index (χ4v) is 3.69. The number of para-hydroxylation sites is 1. The molecule has 1 amide bonds. The van der Waals surface area contributed by atoms with Gasteiger partial charge in [0.25, 0.3) is 5.91 Å². The minimum Gasteiger partial charge on any atom is -0.368 e. The van der Waals surface area contributed by atoms with Gasteiger partial charge in [-0.25, -0.2) is 4.98 Å². The molecule has 0 N–H and O–H groups in total. The summed E-state index contributed by atoms with van der Waals surface area (Å²) in [5.41, 5.74) is 3.13. The molecule has 4 rings (SSSR count). The van der Waals surface area contributed by atoms with Crippen LogP contribution >= 0.6 is 0 Å². The van der Waals surface area contributed by atoms with Crippen molar-refractivity contribution in [2.45, 2.75) is 6.54 Å². The first-order valence-electron chi connectivity index (χ1n) is 10.0. The molecule has 1 saturated heterocycles. The summed E-state index contributed by atoms with van der Waals surface area (Å²) in [6.07, 6.45) is 1.73. The second-order valence-electron chi connectivity index (χ2n) is 7.36. The number of nitrogens with zero attached hydrogens (tertiary/aromatic N) is 4. The van der Waals surface area contributed by atoms with Crippen LogP contribution in [0.25, 0.3) is 0 Å². The van der Waals surface area contributed by atoms with Crippen molar-refractivity contribution < 1.29 is 4.79 Å². The van der Waals surface area contributed by atoms with Crippen LogP contribution in [0.15, 0.2) is 79.0 Å². The first-order valence-corrected chi connectivity index (χ1v) is 10.0. The van der Waals surface area contributed by atoms with Crippen molar-refractivity contribution in [3.8, 4) is 0 Å². The van der Waals surface area contributed by atoms with E-state index in [0.29, 0.717) is 5.56 Å². The largest absolute Gasteiger partial charge is 0.368 e. The highest BCUT2D eigenvalue weighted by atomic mass is 16.2. The van der Waals surface area contributed by atoms with Crippen LogP contribution in [0.2, 0.25) is 0 Å². The second kappa shape index (κ2) is 8.78. The lowest BCUT2D eigenvalue weighted by Gasteiger charge is -2.36. The first kappa shape index (κ1) is 19.0. The van der Waals surface area contributed by atoms with Gasteiger partial charge >= 0.3 is 0 Å². The number of carbonyl (C=O) groups is 1. The summed E-state index contributed by atoms with van der Waals surface area (Å²) < 4.78 is 0. The standard InChI is InChI=1S/C24H26N4O/c1-26(19-20-8-4-2-5-9-20)23-18-21(12-13-25-23)24(29)28-16-14-27(15-17-28)22-10-6-3-7-11-22/h2-13,18H,14-17,19H2,1H3. The Morgan fingerprint density at radius 1 is 0.931 bits per heavy atom. The first-order chi connectivity index (χ1) is 14.2. The minimum absolute atomic E-state index is 0.0782. The summed E-state index contributed by atoms with van der Waals surface area (Å²) in [7, 11) is 2.00. The predicted octanol–water partition coefficient (Wildman–Crippen LogP) is 3.68. The van der Waals surface area contributed by atoms with Crippen molar-refractivity contribution in [1.29, 1.82) is 0 Å². The van der Waals surface area contributed by atoms with Crippen molar-refractivity contribution in [2.24, 2.45) is 0 Å². The molecule has 1 aliphatic heterocycles. The van der Waals surface area contributed by atoms with Gasteiger partial charge in [0, 0.05) is 57.2 Å². The Bertz CT molecular complexity index is 937. The van der Waals surface area contributed by atoms with E-state index >= 15 is 0 Å². The quantitative estimate of drug-likeness (QED) is 0.671. The van der Waals surface area contributed by atoms with Crippen molar-refractivity contribution in [3.05, 3.63) is 90.1 Å². The number of aromatic nitrogens is 1. The van der Waals surface area contributed by atoms with Crippen LogP contribution in [0.4, 0.5) is 11.5 Å². The third-order valence-corrected chi connectivity index (χ3v) is 5.33. The number of piperazine rings is 1. The molecule has 29 heavy (non-hydrogen) atoms. The number of hydrogen-bond acceptors (Lipinski definition) is 4. The molecule has 0 saturated carbocycles. The summed E-state index contributed by atoms with van der Waals surface area (Å²) in [6, 6.07) is 24.4. The van der Waals surface area contributed by atoms with E-state index in [1.807, 2.05) is 48.3 Å². The number of hydrogen-bond donors (Lipinski definition) is 0. The predicted molar refractivity (Wildman–Crippen MR) is 117 cm³/mol. The van der Waals surface area contributed by atoms with E-state index in [9.17, 15) is 4.79 Å². The topological polar surface area (TPSA) is 39.7 Å². The van der Waals surface area contributed by atoms with Gasteiger partial charge in [0.05, 0.1) is 0 Å². The highest BCUT2D eigenvalue weighted by Gasteiger charge is 2.22. The summed E-state index contributed by atoms with van der Waals surface area (Å²) in [5, 5.41) is 0. The lowest BCUT2D eigenvalue weighted by atomic mass is 10.2. The Morgan fingerprint density at radius 3 is 2.28 bits per heavy atom. The smallest absolute Gasteiger partial charge is 0.254 e. The van der Waals surface area contributed by atoms with E-state index in [2.05, 4.69) is 51.2 Å². The number of carbonyl (C=O) groups excluding carboxylic acids is 1. The monoisotopic (exact) mass is 386 g/mol. The zero-order valence-electron chi connectivity index (χ0n) is 16.7. The Labute approximate surface area is 172 Å². The van der Waals surface area contributed by atoms with Crippen molar-refractivity contribution in [3.63, 3.8) is 0 Å². The van der Waals surface area contributed by atoms with Crippen LogP contribution in [0, 0.1) is 0 Å². The summed E-state index contributed by atoms with van der Waals surface area (Å²) in [6.45, 7) is 3.90. The average Bonchev–Trinajstić information content (AvgIpc) is 2.80. The van der Waals surface area contributed by atoms with E-state index in [0.717, 1.165) is 38.5 Å². The molecular formula is C24H26N4O. The van der Waals surface area contributed by atoms with Crippen LogP contribution in [0.5, 0.6) is 0 Å². The van der Waals surface area contributed by atoms with Gasteiger partial charge in [-0.3, -0.25) is 4.79 Å². The Hall–Kier alpha value is -3.34. The van der Waals surface area contributed by atoms with Gasteiger partial charge in [0.15, 0.2) is 0 Å². The molecule has 0 bridgehead atoms. The molecule has 0 radical (unpaired) electrons. The van der Waals surface area contributed by atoms with Gasteiger partial charge in [0.2, 0.25) is 0 Å². The molecule has 148 valence electrons. The van der Waals surface area contributed by atoms with E-state index < -0.39 is 0 Å². The maximum absolute atomic E-state index is 13.0. The van der Waals surface area contributed by atoms with Gasteiger partial charge in [-0.2, -0.15) is 0 Å². The molecule has 0 aliphatic carbocycles. The minimum atomic E-state index is 0.0782. The van der Waals surface area contributed by atoms with Gasteiger partial charge in [-0.15, -0.1) is 0 Å². The van der Waals surface area contributed by atoms with Crippen LogP contribution in [-0.4, -0.2) is 49.0 Å². The number of anilines is 2. The molecule has 5 nitrogen and oxygen atoms in total. The molecule has 2 heterocycles. The molecular weight excluding hydrogens is 360 g/mol. The lowest BCUT2D eigenvalue weighted by Crippen LogP contribution is -2.48. The van der Waals surface area contributed by atoms with Gasteiger partial charge in [-0.05, 0) is 29.8 Å². The van der Waals surface area contributed by atoms with Gasteiger partial charge in [-0.1, -0.05) is 48.5 Å². The van der Waals surface area contributed by atoms with Gasteiger partial charge < -0.3 is 14.7 Å². The molecule has 2 aromatic carbocycles. The summed E-state index contributed by atoms with van der Waals surface area (Å²) in [4.78, 5) is 23.8. The fraction of sp³-hybridized carbons (Fsp3) is 0.250. The maximum Gasteiger partial charge on any atom is 0.254 e. The van der Waals surface area contributed by atoms with Crippen LogP contribution in [0.1, 0.15) is 15.9 Å². The molecule has 1 aromatic heterocycles. The maximum atomic E-state index is 13.0. The molecule has 5 heteroatoms. The molecule has 0 spiro atoms. The van der Waals surface area contributed by atoms with Gasteiger partial charge in [0.1, 0.15) is 5.82 Å². The summed E-state index contributed by atoms with van der Waals surface area (Å²) >= 11 is 0. The van der Waals surface area contributed by atoms with Crippen LogP contribution < -0.4 is 9.80 Å². The third kappa shape index (κ3) is 4.57. The SMILES string of the molecule is CN(Cc1ccccc1)c1cc(C(=O)N2CCN(c3ccccc3)CC2)ccn1. The van der Waals surface area contributed by atoms with Crippen LogP contribution in [-0.2, 0) is 6.54 Å². The van der Waals surface area contributed by atoms with Crippen molar-refractivity contribution in [1.82, 2.24) is 9.88 Å². The molecule has 0 atom stereocenters. The highest BCUT2D eigenvalue weighted by molar-refractivity contribution is 5.95. The molecule has 3 aromatic rings. The Balaban J connectivity index is 1.40. The van der Waals surface area contributed by atoms with Crippen LogP contribution in [0.3, 0.4) is 0 Å². The fourth-order valence-electron chi connectivity index (χ4n) is 3.69. The zero-order chi connectivity index (χ0) is 20.1. The molecule has 1 aliphatic rings. The molecule has 0 unspecified atom stereocenters. The molecule has 1 fully saturated rings. The second-order valence-corrected chi connectivity index (χ2v) is 7.36. The van der Waals surface area contributed by atoms with Crippen molar-refractivity contribution in [2.75, 3.05) is 43.0 Å². The third-order valence-electron chi connectivity index (χ3n) is 5.33. The number of amides is 1. The zero-order valence-corrected chi connectivity index (χ0v) is 16.7. The van der Waals surface area contributed by atoms with E-state index in [1.54, 1.807) is 6.20 Å². The Kier molecular flexibility index (Phi) is 5.75. The van der Waals surface area contributed by atoms with E-state index in [-0.39, 0.29) is 5.91 Å².